The van der Waals surface area contributed by atoms with Gasteiger partial charge in [-0.15, -0.1) is 0 Å². The molecular weight excluding hydrogens is 360 g/mol. The van der Waals surface area contributed by atoms with Gasteiger partial charge in [-0.1, -0.05) is 24.3 Å². The predicted molar refractivity (Wildman–Crippen MR) is 106 cm³/mol. The number of nitrogen functional groups attached to an aromatic ring is 1. The quantitative estimate of drug-likeness (QED) is 0.559. The van der Waals surface area contributed by atoms with Crippen molar-refractivity contribution in [3.05, 3.63) is 41.1 Å². The monoisotopic (exact) mass is 386 g/mol. The van der Waals surface area contributed by atoms with Crippen molar-refractivity contribution in [2.24, 2.45) is 4.99 Å². The van der Waals surface area contributed by atoms with E-state index < -0.39 is 0 Å². The van der Waals surface area contributed by atoms with Gasteiger partial charge in [-0.3, -0.25) is 4.99 Å². The Morgan fingerprint density at radius 2 is 1.57 bits per heavy atom. The highest BCUT2D eigenvalue weighted by Crippen LogP contribution is 2.32. The van der Waals surface area contributed by atoms with Crippen LogP contribution in [0.1, 0.15) is 23.7 Å². The SMILES string of the molecule is CCOCCOCCOCc1ccc(COc2nc(N)nc3c2N=CC3)cc1. The molecule has 0 aliphatic carbocycles. The predicted octanol–water partition coefficient (Wildman–Crippen LogP) is 2.47. The molecule has 1 aromatic carbocycles. The van der Waals surface area contributed by atoms with Crippen molar-refractivity contribution < 1.29 is 18.9 Å². The normalized spacial score (nSPS) is 12.3. The molecule has 0 amide bonds. The summed E-state index contributed by atoms with van der Waals surface area (Å²) in [6.07, 6.45) is 2.44. The van der Waals surface area contributed by atoms with Crippen molar-refractivity contribution in [1.29, 1.82) is 0 Å². The van der Waals surface area contributed by atoms with Crippen LogP contribution in [-0.2, 0) is 33.8 Å². The van der Waals surface area contributed by atoms with Gasteiger partial charge in [-0.25, -0.2) is 4.98 Å². The first-order chi connectivity index (χ1) is 13.8. The number of anilines is 1. The highest BCUT2D eigenvalue weighted by atomic mass is 16.5. The first-order valence-electron chi connectivity index (χ1n) is 9.39. The van der Waals surface area contributed by atoms with E-state index in [1.165, 1.54) is 0 Å². The number of nitrogens with zero attached hydrogens (tertiary/aromatic N) is 3. The van der Waals surface area contributed by atoms with Crippen molar-refractivity contribution in [3.63, 3.8) is 0 Å². The van der Waals surface area contributed by atoms with Crippen molar-refractivity contribution in [2.45, 2.75) is 26.6 Å². The van der Waals surface area contributed by atoms with E-state index in [-0.39, 0.29) is 5.95 Å². The number of rotatable bonds is 12. The Balaban J connectivity index is 1.39. The van der Waals surface area contributed by atoms with E-state index >= 15 is 0 Å². The van der Waals surface area contributed by atoms with Gasteiger partial charge in [-0.2, -0.15) is 4.98 Å². The van der Waals surface area contributed by atoms with Gasteiger partial charge >= 0.3 is 0 Å². The second-order valence-corrected chi connectivity index (χ2v) is 6.17. The molecule has 3 rings (SSSR count). The zero-order valence-corrected chi connectivity index (χ0v) is 16.1. The number of fused-ring (bicyclic) bond motifs is 1. The molecule has 0 saturated heterocycles. The maximum atomic E-state index is 5.81. The summed E-state index contributed by atoms with van der Waals surface area (Å²) in [5.41, 5.74) is 9.32. The molecule has 0 atom stereocenters. The second kappa shape index (κ2) is 10.7. The highest BCUT2D eigenvalue weighted by molar-refractivity contribution is 5.77. The third-order valence-corrected chi connectivity index (χ3v) is 4.06. The van der Waals surface area contributed by atoms with Crippen LogP contribution in [0.3, 0.4) is 0 Å². The number of hydrogen-bond donors (Lipinski definition) is 1. The van der Waals surface area contributed by atoms with Crippen LogP contribution in [-0.4, -0.2) is 49.2 Å². The fourth-order valence-electron chi connectivity index (χ4n) is 2.65. The zero-order valence-electron chi connectivity index (χ0n) is 16.1. The van der Waals surface area contributed by atoms with E-state index in [1.54, 1.807) is 6.21 Å². The Bertz CT molecular complexity index is 781. The fraction of sp³-hybridized carbons (Fsp3) is 0.450. The number of ether oxygens (including phenoxy) is 4. The molecule has 1 aliphatic heterocycles. The summed E-state index contributed by atoms with van der Waals surface area (Å²) in [4.78, 5) is 12.6. The van der Waals surface area contributed by atoms with E-state index in [0.717, 1.165) is 16.8 Å². The van der Waals surface area contributed by atoms with Gasteiger partial charge in [0.25, 0.3) is 0 Å². The van der Waals surface area contributed by atoms with Crippen LogP contribution in [0.5, 0.6) is 5.88 Å². The molecule has 150 valence electrons. The van der Waals surface area contributed by atoms with Gasteiger partial charge in [0, 0.05) is 19.2 Å². The minimum Gasteiger partial charge on any atom is -0.471 e. The van der Waals surface area contributed by atoms with Gasteiger partial charge in [0.2, 0.25) is 11.8 Å². The lowest BCUT2D eigenvalue weighted by Gasteiger charge is -2.10. The van der Waals surface area contributed by atoms with Crippen molar-refractivity contribution in [2.75, 3.05) is 38.8 Å². The summed E-state index contributed by atoms with van der Waals surface area (Å²) in [7, 11) is 0. The standard InChI is InChI=1S/C20H26N4O4/c1-2-25-9-10-26-11-12-27-13-15-3-5-16(6-4-15)14-28-19-18-17(7-8-22-18)23-20(21)24-19/h3-6,8H,2,7,9-14H2,1H3,(H2,21,23,24). The van der Waals surface area contributed by atoms with Crippen LogP contribution in [0.25, 0.3) is 0 Å². The molecule has 0 saturated carbocycles. The summed E-state index contributed by atoms with van der Waals surface area (Å²) >= 11 is 0. The van der Waals surface area contributed by atoms with E-state index in [0.29, 0.717) is 64.2 Å². The molecular formula is C20H26N4O4. The maximum Gasteiger partial charge on any atom is 0.245 e. The molecule has 2 N–H and O–H groups in total. The number of nitrogens with two attached hydrogens (primary N) is 1. The first-order valence-corrected chi connectivity index (χ1v) is 9.39. The Morgan fingerprint density at radius 1 is 0.893 bits per heavy atom. The molecule has 0 radical (unpaired) electrons. The average molecular weight is 386 g/mol. The second-order valence-electron chi connectivity index (χ2n) is 6.17. The topological polar surface area (TPSA) is 101 Å². The van der Waals surface area contributed by atoms with Crippen LogP contribution in [0.2, 0.25) is 0 Å². The van der Waals surface area contributed by atoms with Gasteiger partial charge in [-0.05, 0) is 18.1 Å². The highest BCUT2D eigenvalue weighted by Gasteiger charge is 2.17. The molecule has 28 heavy (non-hydrogen) atoms. The van der Waals surface area contributed by atoms with Crippen molar-refractivity contribution in [1.82, 2.24) is 9.97 Å². The number of aliphatic imine (C=N–C) groups is 1. The smallest absolute Gasteiger partial charge is 0.245 e. The molecule has 8 nitrogen and oxygen atoms in total. The Labute approximate surface area is 164 Å². The number of hydrogen-bond acceptors (Lipinski definition) is 8. The molecule has 1 aliphatic rings. The minimum atomic E-state index is 0.202. The number of benzene rings is 1. The Kier molecular flexibility index (Phi) is 7.71. The van der Waals surface area contributed by atoms with Crippen molar-refractivity contribution in [3.8, 4) is 5.88 Å². The maximum absolute atomic E-state index is 5.81. The molecule has 1 aromatic heterocycles. The summed E-state index contributed by atoms with van der Waals surface area (Å²) < 4.78 is 22.0. The molecule has 0 bridgehead atoms. The lowest BCUT2D eigenvalue weighted by molar-refractivity contribution is 0.0128. The van der Waals surface area contributed by atoms with Gasteiger partial charge in [0.1, 0.15) is 12.3 Å². The van der Waals surface area contributed by atoms with Crippen molar-refractivity contribution >= 4 is 17.9 Å². The molecule has 0 unspecified atom stereocenters. The van der Waals surface area contributed by atoms with Crippen LogP contribution in [0.4, 0.5) is 11.6 Å². The molecule has 0 spiro atoms. The van der Waals surface area contributed by atoms with E-state index in [1.807, 2.05) is 31.2 Å². The summed E-state index contributed by atoms with van der Waals surface area (Å²) in [5.74, 6) is 0.626. The van der Waals surface area contributed by atoms with Gasteiger partial charge in [0.15, 0.2) is 0 Å². The minimum absolute atomic E-state index is 0.202. The summed E-state index contributed by atoms with van der Waals surface area (Å²) in [6, 6.07) is 8.05. The molecule has 2 heterocycles. The van der Waals surface area contributed by atoms with Crippen LogP contribution >= 0.6 is 0 Å². The van der Waals surface area contributed by atoms with E-state index in [4.69, 9.17) is 24.7 Å². The lowest BCUT2D eigenvalue weighted by atomic mass is 10.1. The van der Waals surface area contributed by atoms with Crippen LogP contribution in [0, 0.1) is 0 Å². The Morgan fingerprint density at radius 3 is 2.32 bits per heavy atom. The van der Waals surface area contributed by atoms with Crippen LogP contribution in [0.15, 0.2) is 29.3 Å². The molecule has 2 aromatic rings. The Hall–Kier alpha value is -2.55. The van der Waals surface area contributed by atoms with E-state index in [9.17, 15) is 0 Å². The van der Waals surface area contributed by atoms with Gasteiger partial charge < -0.3 is 24.7 Å². The third kappa shape index (κ3) is 5.98. The lowest BCUT2D eigenvalue weighted by Crippen LogP contribution is -2.09. The first kappa shape index (κ1) is 20.2. The average Bonchev–Trinajstić information content (AvgIpc) is 3.17. The summed E-state index contributed by atoms with van der Waals surface area (Å²) in [6.45, 7) is 5.94. The molecule has 0 fully saturated rings. The fourth-order valence-corrected chi connectivity index (χ4v) is 2.65. The van der Waals surface area contributed by atoms with E-state index in [2.05, 4.69) is 15.0 Å². The summed E-state index contributed by atoms with van der Waals surface area (Å²) in [5, 5.41) is 0. The number of aromatic nitrogens is 2. The molecule has 8 heteroatoms. The van der Waals surface area contributed by atoms with Crippen LogP contribution < -0.4 is 10.5 Å². The zero-order chi connectivity index (χ0) is 19.6. The van der Waals surface area contributed by atoms with Gasteiger partial charge in [0.05, 0.1) is 38.7 Å². The third-order valence-electron chi connectivity index (χ3n) is 4.06. The largest absolute Gasteiger partial charge is 0.471 e.